The second-order valence-corrected chi connectivity index (χ2v) is 5.86. The van der Waals surface area contributed by atoms with Gasteiger partial charge in [-0.05, 0) is 42.8 Å². The van der Waals surface area contributed by atoms with Gasteiger partial charge in [0.15, 0.2) is 6.61 Å². The van der Waals surface area contributed by atoms with Crippen LogP contribution in [0.25, 0.3) is 11.4 Å². The number of aryl methyl sites for hydroxylation is 1. The molecular weight excluding hydrogens is 360 g/mol. The van der Waals surface area contributed by atoms with E-state index in [1.54, 1.807) is 7.11 Å². The lowest BCUT2D eigenvalue weighted by molar-refractivity contribution is 0.241. The molecule has 6 heteroatoms. The quantitative estimate of drug-likeness (QED) is 0.662. The minimum Gasteiger partial charge on any atom is -0.497 e. The standard InChI is InChI=1S/C17H15BrN2O3/c1-11-8-13(18)6-7-15(11)22-10-16-19-17(20-23-16)12-4-3-5-14(9-12)21-2/h3-9H,10H2,1-2H3. The van der Waals surface area contributed by atoms with Gasteiger partial charge in [-0.3, -0.25) is 0 Å². The molecule has 0 radical (unpaired) electrons. The van der Waals surface area contributed by atoms with Gasteiger partial charge in [-0.1, -0.05) is 33.2 Å². The molecule has 0 unspecified atom stereocenters. The van der Waals surface area contributed by atoms with Gasteiger partial charge < -0.3 is 14.0 Å². The van der Waals surface area contributed by atoms with E-state index < -0.39 is 0 Å². The molecule has 3 aromatic rings. The summed E-state index contributed by atoms with van der Waals surface area (Å²) in [6, 6.07) is 13.3. The highest BCUT2D eigenvalue weighted by atomic mass is 79.9. The Morgan fingerprint density at radius 2 is 2.04 bits per heavy atom. The van der Waals surface area contributed by atoms with Crippen LogP contribution in [-0.4, -0.2) is 17.3 Å². The van der Waals surface area contributed by atoms with Crippen molar-refractivity contribution in [3.8, 4) is 22.9 Å². The maximum atomic E-state index is 5.73. The molecule has 23 heavy (non-hydrogen) atoms. The summed E-state index contributed by atoms with van der Waals surface area (Å²) in [7, 11) is 1.62. The van der Waals surface area contributed by atoms with E-state index in [2.05, 4.69) is 26.1 Å². The average Bonchev–Trinajstić information content (AvgIpc) is 3.03. The first-order valence-corrected chi connectivity index (χ1v) is 7.81. The second-order valence-electron chi connectivity index (χ2n) is 4.94. The van der Waals surface area contributed by atoms with Crippen molar-refractivity contribution in [2.24, 2.45) is 0 Å². The third-order valence-electron chi connectivity index (χ3n) is 3.28. The van der Waals surface area contributed by atoms with Crippen LogP contribution in [0.2, 0.25) is 0 Å². The largest absolute Gasteiger partial charge is 0.497 e. The minimum absolute atomic E-state index is 0.222. The number of nitrogens with zero attached hydrogens (tertiary/aromatic N) is 2. The lowest BCUT2D eigenvalue weighted by atomic mass is 10.2. The van der Waals surface area contributed by atoms with Crippen LogP contribution in [0.4, 0.5) is 0 Å². The van der Waals surface area contributed by atoms with Crippen LogP contribution >= 0.6 is 15.9 Å². The molecule has 0 spiro atoms. The predicted molar refractivity (Wildman–Crippen MR) is 89.5 cm³/mol. The average molecular weight is 375 g/mol. The Labute approximate surface area is 142 Å². The normalized spacial score (nSPS) is 10.6. The van der Waals surface area contributed by atoms with E-state index >= 15 is 0 Å². The number of halogens is 1. The Morgan fingerprint density at radius 1 is 1.17 bits per heavy atom. The molecule has 1 aromatic heterocycles. The molecule has 3 rings (SSSR count). The molecule has 0 aliphatic carbocycles. The van der Waals surface area contributed by atoms with E-state index in [1.807, 2.05) is 49.4 Å². The Balaban J connectivity index is 1.72. The molecule has 0 aliphatic rings. The second kappa shape index (κ2) is 6.83. The molecule has 5 nitrogen and oxygen atoms in total. The van der Waals surface area contributed by atoms with Crippen molar-refractivity contribution in [3.05, 3.63) is 58.4 Å². The fourth-order valence-electron chi connectivity index (χ4n) is 2.11. The molecule has 0 amide bonds. The number of rotatable bonds is 5. The third kappa shape index (κ3) is 3.71. The molecule has 0 saturated carbocycles. The molecule has 1 heterocycles. The first-order chi connectivity index (χ1) is 11.2. The number of hydrogen-bond acceptors (Lipinski definition) is 5. The van der Waals surface area contributed by atoms with Crippen molar-refractivity contribution >= 4 is 15.9 Å². The van der Waals surface area contributed by atoms with Gasteiger partial charge >= 0.3 is 0 Å². The maximum Gasteiger partial charge on any atom is 0.264 e. The summed E-state index contributed by atoms with van der Waals surface area (Å²) in [6.45, 7) is 2.20. The van der Waals surface area contributed by atoms with Crippen molar-refractivity contribution in [2.75, 3.05) is 7.11 Å². The van der Waals surface area contributed by atoms with Gasteiger partial charge in [-0.25, -0.2) is 0 Å². The van der Waals surface area contributed by atoms with Crippen LogP contribution in [0.3, 0.4) is 0 Å². The molecule has 0 bridgehead atoms. The monoisotopic (exact) mass is 374 g/mol. The zero-order valence-electron chi connectivity index (χ0n) is 12.7. The van der Waals surface area contributed by atoms with E-state index in [4.69, 9.17) is 14.0 Å². The Hall–Kier alpha value is -2.34. The lowest BCUT2D eigenvalue weighted by Gasteiger charge is -2.06. The van der Waals surface area contributed by atoms with Gasteiger partial charge in [-0.15, -0.1) is 0 Å². The number of ether oxygens (including phenoxy) is 2. The molecule has 0 fully saturated rings. The van der Waals surface area contributed by atoms with Crippen LogP contribution in [-0.2, 0) is 6.61 Å². The predicted octanol–water partition coefficient (Wildman–Crippen LogP) is 4.40. The summed E-state index contributed by atoms with van der Waals surface area (Å²) in [5.41, 5.74) is 1.87. The topological polar surface area (TPSA) is 57.4 Å². The SMILES string of the molecule is COc1cccc(-c2noc(COc3ccc(Br)cc3C)n2)c1. The molecular formula is C17H15BrN2O3. The highest BCUT2D eigenvalue weighted by molar-refractivity contribution is 9.10. The van der Waals surface area contributed by atoms with Crippen molar-refractivity contribution in [1.82, 2.24) is 10.1 Å². The Kier molecular flexibility index (Phi) is 4.62. The van der Waals surface area contributed by atoms with E-state index in [9.17, 15) is 0 Å². The number of methoxy groups -OCH3 is 1. The van der Waals surface area contributed by atoms with Gasteiger partial charge in [0.1, 0.15) is 11.5 Å². The van der Waals surface area contributed by atoms with Gasteiger partial charge in [0, 0.05) is 10.0 Å². The first kappa shape index (κ1) is 15.6. The summed E-state index contributed by atoms with van der Waals surface area (Å²) in [5, 5.41) is 3.98. The number of hydrogen-bond donors (Lipinski definition) is 0. The highest BCUT2D eigenvalue weighted by Gasteiger charge is 2.10. The minimum atomic E-state index is 0.222. The molecule has 0 N–H and O–H groups in total. The van der Waals surface area contributed by atoms with E-state index in [1.165, 1.54) is 0 Å². The van der Waals surface area contributed by atoms with Gasteiger partial charge in [0.05, 0.1) is 7.11 Å². The fourth-order valence-corrected chi connectivity index (χ4v) is 2.58. The molecule has 0 atom stereocenters. The van der Waals surface area contributed by atoms with Gasteiger partial charge in [0.2, 0.25) is 5.82 Å². The summed E-state index contributed by atoms with van der Waals surface area (Å²) >= 11 is 3.43. The van der Waals surface area contributed by atoms with Crippen molar-refractivity contribution in [3.63, 3.8) is 0 Å². The van der Waals surface area contributed by atoms with E-state index in [-0.39, 0.29) is 6.61 Å². The van der Waals surface area contributed by atoms with E-state index in [0.717, 1.165) is 27.1 Å². The summed E-state index contributed by atoms with van der Waals surface area (Å²) < 4.78 is 17.2. The van der Waals surface area contributed by atoms with Gasteiger partial charge in [0.25, 0.3) is 5.89 Å². The smallest absolute Gasteiger partial charge is 0.264 e. The molecule has 2 aromatic carbocycles. The van der Waals surface area contributed by atoms with Crippen LogP contribution < -0.4 is 9.47 Å². The highest BCUT2D eigenvalue weighted by Crippen LogP contribution is 2.24. The maximum absolute atomic E-state index is 5.73. The zero-order valence-corrected chi connectivity index (χ0v) is 14.3. The Bertz CT molecular complexity index is 817. The van der Waals surface area contributed by atoms with Crippen LogP contribution in [0, 0.1) is 6.92 Å². The fraction of sp³-hybridized carbons (Fsp3) is 0.176. The lowest BCUT2D eigenvalue weighted by Crippen LogP contribution is -1.97. The summed E-state index contributed by atoms with van der Waals surface area (Å²) in [4.78, 5) is 4.35. The number of aromatic nitrogens is 2. The molecule has 0 saturated heterocycles. The third-order valence-corrected chi connectivity index (χ3v) is 3.78. The first-order valence-electron chi connectivity index (χ1n) is 7.01. The van der Waals surface area contributed by atoms with Crippen LogP contribution in [0.15, 0.2) is 51.5 Å². The van der Waals surface area contributed by atoms with Crippen molar-refractivity contribution < 1.29 is 14.0 Å². The van der Waals surface area contributed by atoms with Gasteiger partial charge in [-0.2, -0.15) is 4.98 Å². The zero-order chi connectivity index (χ0) is 16.2. The summed E-state index contributed by atoms with van der Waals surface area (Å²) in [5.74, 6) is 2.46. The van der Waals surface area contributed by atoms with Crippen molar-refractivity contribution in [2.45, 2.75) is 13.5 Å². The van der Waals surface area contributed by atoms with E-state index in [0.29, 0.717) is 11.7 Å². The van der Waals surface area contributed by atoms with Crippen molar-refractivity contribution in [1.29, 1.82) is 0 Å². The molecule has 118 valence electrons. The summed E-state index contributed by atoms with van der Waals surface area (Å²) in [6.07, 6.45) is 0. The number of benzene rings is 2. The van der Waals surface area contributed by atoms with Crippen LogP contribution in [0.5, 0.6) is 11.5 Å². The molecule has 0 aliphatic heterocycles. The Morgan fingerprint density at radius 3 is 2.83 bits per heavy atom. The van der Waals surface area contributed by atoms with Crippen LogP contribution in [0.1, 0.15) is 11.5 Å².